The number of nitrogens with zero attached hydrogens (tertiary/aromatic N) is 3. The van der Waals surface area contributed by atoms with E-state index in [-0.39, 0.29) is 0 Å². The molecule has 0 aliphatic carbocycles. The summed E-state index contributed by atoms with van der Waals surface area (Å²) in [5.74, 6) is 1.09. The summed E-state index contributed by atoms with van der Waals surface area (Å²) in [7, 11) is 0. The number of aromatic nitrogens is 1. The molecule has 2 aromatic rings. The van der Waals surface area contributed by atoms with Crippen molar-refractivity contribution in [3.8, 4) is 0 Å². The summed E-state index contributed by atoms with van der Waals surface area (Å²) in [6, 6.07) is 15.8. The minimum Gasteiger partial charge on any atom is -0.357 e. The maximum absolute atomic E-state index is 4.74. The van der Waals surface area contributed by atoms with Gasteiger partial charge in [-0.05, 0) is 50.4 Å². The fraction of sp³-hybridized carbons (Fsp3) is 0.476. The zero-order valence-electron chi connectivity index (χ0n) is 15.0. The summed E-state index contributed by atoms with van der Waals surface area (Å²) in [4.78, 5) is 9.65. The topological polar surface area (TPSA) is 19.4 Å². The van der Waals surface area contributed by atoms with Crippen LogP contribution in [0.2, 0.25) is 0 Å². The number of rotatable bonds is 6. The maximum Gasteiger partial charge on any atom is 0.128 e. The summed E-state index contributed by atoms with van der Waals surface area (Å²) >= 11 is 0. The third-order valence-corrected chi connectivity index (χ3v) is 5.09. The summed E-state index contributed by atoms with van der Waals surface area (Å²) in [5.41, 5.74) is 2.76. The second kappa shape index (κ2) is 8.29. The highest BCUT2D eigenvalue weighted by Gasteiger charge is 2.24. The predicted octanol–water partition coefficient (Wildman–Crippen LogP) is 4.66. The first-order chi connectivity index (χ1) is 11.8. The molecule has 1 aliphatic rings. The van der Waals surface area contributed by atoms with Crippen LogP contribution in [-0.2, 0) is 6.54 Å². The molecule has 1 fully saturated rings. The largest absolute Gasteiger partial charge is 0.357 e. The molecule has 0 amide bonds. The van der Waals surface area contributed by atoms with Gasteiger partial charge >= 0.3 is 0 Å². The van der Waals surface area contributed by atoms with E-state index in [2.05, 4.69) is 72.3 Å². The Balaban J connectivity index is 1.75. The zero-order chi connectivity index (χ0) is 16.8. The molecule has 0 radical (unpaired) electrons. The Morgan fingerprint density at radius 1 is 1.04 bits per heavy atom. The van der Waals surface area contributed by atoms with Crippen LogP contribution in [0.15, 0.2) is 48.7 Å². The van der Waals surface area contributed by atoms with Crippen LogP contribution in [0.1, 0.15) is 50.3 Å². The van der Waals surface area contributed by atoms with Crippen LogP contribution in [0, 0.1) is 0 Å². The fourth-order valence-corrected chi connectivity index (χ4v) is 3.70. The second-order valence-electron chi connectivity index (χ2n) is 6.59. The number of piperidine rings is 1. The first-order valence-corrected chi connectivity index (χ1v) is 9.30. The molecule has 0 unspecified atom stereocenters. The maximum atomic E-state index is 4.74. The van der Waals surface area contributed by atoms with Crippen LogP contribution in [0.25, 0.3) is 0 Å². The highest BCUT2D eigenvalue weighted by molar-refractivity contribution is 5.39. The Bertz CT molecular complexity index is 605. The quantitative estimate of drug-likeness (QED) is 0.771. The van der Waals surface area contributed by atoms with Gasteiger partial charge in [-0.25, -0.2) is 4.98 Å². The lowest BCUT2D eigenvalue weighted by Crippen LogP contribution is -2.33. The van der Waals surface area contributed by atoms with E-state index in [0.29, 0.717) is 6.04 Å². The van der Waals surface area contributed by atoms with Gasteiger partial charge in [-0.2, -0.15) is 0 Å². The van der Waals surface area contributed by atoms with Crippen molar-refractivity contribution in [3.63, 3.8) is 0 Å². The summed E-state index contributed by atoms with van der Waals surface area (Å²) in [5, 5.41) is 0. The Morgan fingerprint density at radius 3 is 2.50 bits per heavy atom. The standard InChI is InChI=1S/C21H29N3/c1-3-23(4-2)21-14-13-19(16-22-21)20-12-8-9-15-24(20)17-18-10-6-5-7-11-18/h5-7,10-11,13-14,16,20H,3-4,8-9,12,15,17H2,1-2H3/t20-/m1/s1. The van der Waals surface area contributed by atoms with E-state index >= 15 is 0 Å². The predicted molar refractivity (Wildman–Crippen MR) is 101 cm³/mol. The number of hydrogen-bond donors (Lipinski definition) is 0. The number of likely N-dealkylation sites (tertiary alicyclic amines) is 1. The Morgan fingerprint density at radius 2 is 1.83 bits per heavy atom. The summed E-state index contributed by atoms with van der Waals surface area (Å²) < 4.78 is 0. The van der Waals surface area contributed by atoms with Crippen molar-refractivity contribution in [1.82, 2.24) is 9.88 Å². The molecule has 3 rings (SSSR count). The lowest BCUT2D eigenvalue weighted by molar-refractivity contribution is 0.140. The highest BCUT2D eigenvalue weighted by atomic mass is 15.2. The molecule has 24 heavy (non-hydrogen) atoms. The first kappa shape index (κ1) is 17.0. The van der Waals surface area contributed by atoms with E-state index in [0.717, 1.165) is 25.5 Å². The van der Waals surface area contributed by atoms with Gasteiger partial charge in [-0.15, -0.1) is 0 Å². The van der Waals surface area contributed by atoms with E-state index in [1.165, 1.54) is 36.9 Å². The normalized spacial score (nSPS) is 18.5. The molecule has 0 bridgehead atoms. The number of anilines is 1. The second-order valence-corrected chi connectivity index (χ2v) is 6.59. The van der Waals surface area contributed by atoms with Crippen molar-refractivity contribution >= 4 is 5.82 Å². The molecule has 2 heterocycles. The molecule has 0 spiro atoms. The van der Waals surface area contributed by atoms with Crippen LogP contribution < -0.4 is 4.90 Å². The molecule has 1 atom stereocenters. The molecule has 1 aromatic carbocycles. The molecule has 1 aliphatic heterocycles. The van der Waals surface area contributed by atoms with Crippen molar-refractivity contribution in [2.45, 2.75) is 45.7 Å². The van der Waals surface area contributed by atoms with E-state index in [1.54, 1.807) is 0 Å². The van der Waals surface area contributed by atoms with Gasteiger partial charge in [-0.3, -0.25) is 4.90 Å². The van der Waals surface area contributed by atoms with Crippen LogP contribution >= 0.6 is 0 Å². The van der Waals surface area contributed by atoms with Gasteiger partial charge in [0.25, 0.3) is 0 Å². The summed E-state index contributed by atoms with van der Waals surface area (Å²) in [6.07, 6.45) is 5.95. The van der Waals surface area contributed by atoms with Gasteiger partial charge in [0.05, 0.1) is 0 Å². The molecular formula is C21H29N3. The van der Waals surface area contributed by atoms with Crippen LogP contribution in [0.5, 0.6) is 0 Å². The third-order valence-electron chi connectivity index (χ3n) is 5.09. The average molecular weight is 323 g/mol. The Hall–Kier alpha value is -1.87. The van der Waals surface area contributed by atoms with Crippen molar-refractivity contribution in [2.24, 2.45) is 0 Å². The van der Waals surface area contributed by atoms with E-state index in [4.69, 9.17) is 4.98 Å². The molecule has 3 nitrogen and oxygen atoms in total. The lowest BCUT2D eigenvalue weighted by Gasteiger charge is -2.36. The SMILES string of the molecule is CCN(CC)c1ccc([C@H]2CCCCN2Cc2ccccc2)cn1. The molecule has 1 aromatic heterocycles. The van der Waals surface area contributed by atoms with Crippen molar-refractivity contribution in [1.29, 1.82) is 0 Å². The van der Waals surface area contributed by atoms with Gasteiger partial charge in [0.15, 0.2) is 0 Å². The van der Waals surface area contributed by atoms with Gasteiger partial charge in [0.1, 0.15) is 5.82 Å². The van der Waals surface area contributed by atoms with Crippen LogP contribution in [-0.4, -0.2) is 29.5 Å². The molecule has 0 saturated carbocycles. The minimum absolute atomic E-state index is 0.497. The average Bonchev–Trinajstić information content (AvgIpc) is 2.65. The van der Waals surface area contributed by atoms with Gasteiger partial charge in [0.2, 0.25) is 0 Å². The monoisotopic (exact) mass is 323 g/mol. The lowest BCUT2D eigenvalue weighted by atomic mass is 9.95. The molecule has 1 saturated heterocycles. The van der Waals surface area contributed by atoms with Gasteiger partial charge in [-0.1, -0.05) is 42.8 Å². The number of pyridine rings is 1. The van der Waals surface area contributed by atoms with E-state index < -0.39 is 0 Å². The van der Waals surface area contributed by atoms with Crippen molar-refractivity contribution in [2.75, 3.05) is 24.5 Å². The van der Waals surface area contributed by atoms with Crippen LogP contribution in [0.4, 0.5) is 5.82 Å². The van der Waals surface area contributed by atoms with Gasteiger partial charge < -0.3 is 4.90 Å². The summed E-state index contributed by atoms with van der Waals surface area (Å²) in [6.45, 7) is 8.59. The molecule has 3 heteroatoms. The molecule has 0 N–H and O–H groups in total. The van der Waals surface area contributed by atoms with Crippen molar-refractivity contribution in [3.05, 3.63) is 59.8 Å². The first-order valence-electron chi connectivity index (χ1n) is 9.30. The Kier molecular flexibility index (Phi) is 5.86. The Labute approximate surface area is 146 Å². The van der Waals surface area contributed by atoms with Gasteiger partial charge in [0, 0.05) is 31.9 Å². The zero-order valence-corrected chi connectivity index (χ0v) is 15.0. The molecular weight excluding hydrogens is 294 g/mol. The smallest absolute Gasteiger partial charge is 0.128 e. The van der Waals surface area contributed by atoms with E-state index in [9.17, 15) is 0 Å². The van der Waals surface area contributed by atoms with Crippen LogP contribution in [0.3, 0.4) is 0 Å². The van der Waals surface area contributed by atoms with Crippen molar-refractivity contribution < 1.29 is 0 Å². The minimum atomic E-state index is 0.497. The highest BCUT2D eigenvalue weighted by Crippen LogP contribution is 2.32. The third kappa shape index (κ3) is 3.96. The molecule has 128 valence electrons. The van der Waals surface area contributed by atoms with E-state index in [1.807, 2.05) is 0 Å². The number of hydrogen-bond acceptors (Lipinski definition) is 3. The number of benzene rings is 1. The fourth-order valence-electron chi connectivity index (χ4n) is 3.70.